The zero-order chi connectivity index (χ0) is 8.55. The minimum atomic E-state index is -0.0481. The maximum atomic E-state index is 10.9. The molecule has 1 aromatic carbocycles. The second kappa shape index (κ2) is 2.52. The van der Waals surface area contributed by atoms with Crippen molar-refractivity contribution < 1.29 is 4.79 Å². The van der Waals surface area contributed by atoms with Crippen molar-refractivity contribution >= 4 is 11.6 Å². The standard InChI is InChI=1S/C9H9N2O/c10-8-2-1-6-5-11-9(12)4-7(6)3-8/h1-3H,4-5,10H2. The number of hydrogen-bond acceptors (Lipinski definition) is 2. The molecule has 0 saturated carbocycles. The zero-order valence-corrected chi connectivity index (χ0v) is 6.58. The molecule has 12 heavy (non-hydrogen) atoms. The van der Waals surface area contributed by atoms with Crippen LogP contribution in [0.5, 0.6) is 0 Å². The monoisotopic (exact) mass is 161 g/mol. The molecule has 2 N–H and O–H groups in total. The Hall–Kier alpha value is -1.51. The van der Waals surface area contributed by atoms with Gasteiger partial charge in [0.2, 0.25) is 5.91 Å². The van der Waals surface area contributed by atoms with E-state index in [9.17, 15) is 4.79 Å². The van der Waals surface area contributed by atoms with Crippen LogP contribution in [0.15, 0.2) is 18.2 Å². The van der Waals surface area contributed by atoms with Gasteiger partial charge in [0.15, 0.2) is 0 Å². The van der Waals surface area contributed by atoms with Gasteiger partial charge >= 0.3 is 0 Å². The van der Waals surface area contributed by atoms with E-state index in [0.717, 1.165) is 11.1 Å². The topological polar surface area (TPSA) is 57.2 Å². The van der Waals surface area contributed by atoms with Crippen LogP contribution in [-0.4, -0.2) is 5.91 Å². The average molecular weight is 161 g/mol. The van der Waals surface area contributed by atoms with Crippen molar-refractivity contribution in [2.24, 2.45) is 0 Å². The Morgan fingerprint density at radius 1 is 1.33 bits per heavy atom. The van der Waals surface area contributed by atoms with Crippen LogP contribution in [0.4, 0.5) is 5.69 Å². The number of rotatable bonds is 0. The van der Waals surface area contributed by atoms with Gasteiger partial charge in [-0.3, -0.25) is 4.79 Å². The van der Waals surface area contributed by atoms with Crippen molar-refractivity contribution in [1.29, 1.82) is 0 Å². The van der Waals surface area contributed by atoms with Gasteiger partial charge < -0.3 is 5.73 Å². The number of nitrogen functional groups attached to an aromatic ring is 1. The first-order valence-corrected chi connectivity index (χ1v) is 3.83. The van der Waals surface area contributed by atoms with Gasteiger partial charge in [-0.15, -0.1) is 0 Å². The quantitative estimate of drug-likeness (QED) is 0.562. The van der Waals surface area contributed by atoms with E-state index in [1.165, 1.54) is 0 Å². The molecule has 0 aromatic heterocycles. The molecule has 1 aliphatic rings. The fraction of sp³-hybridized carbons (Fsp3) is 0.222. The van der Waals surface area contributed by atoms with E-state index in [2.05, 4.69) is 5.32 Å². The summed E-state index contributed by atoms with van der Waals surface area (Å²) in [7, 11) is 0. The molecule has 0 bridgehead atoms. The predicted molar refractivity (Wildman–Crippen MR) is 45.4 cm³/mol. The lowest BCUT2D eigenvalue weighted by Crippen LogP contribution is -2.24. The smallest absolute Gasteiger partial charge is 0.245 e. The van der Waals surface area contributed by atoms with E-state index in [0.29, 0.717) is 18.7 Å². The fourth-order valence-corrected chi connectivity index (χ4v) is 1.36. The highest BCUT2D eigenvalue weighted by atomic mass is 16.1. The summed E-state index contributed by atoms with van der Waals surface area (Å²) in [5, 5.41) is 3.82. The van der Waals surface area contributed by atoms with Crippen molar-refractivity contribution in [3.05, 3.63) is 29.3 Å². The van der Waals surface area contributed by atoms with Crippen molar-refractivity contribution in [3.63, 3.8) is 0 Å². The number of benzene rings is 1. The Bertz CT molecular complexity index is 333. The molecule has 3 nitrogen and oxygen atoms in total. The molecule has 0 aliphatic carbocycles. The van der Waals surface area contributed by atoms with Crippen molar-refractivity contribution in [2.45, 2.75) is 13.0 Å². The number of hydrogen-bond donors (Lipinski definition) is 1. The maximum Gasteiger partial charge on any atom is 0.245 e. The number of carbonyl (C=O) groups excluding carboxylic acids is 1. The molecule has 61 valence electrons. The minimum Gasteiger partial charge on any atom is -0.399 e. The molecular weight excluding hydrogens is 152 g/mol. The molecule has 3 heteroatoms. The first-order chi connectivity index (χ1) is 5.75. The first-order valence-electron chi connectivity index (χ1n) is 3.83. The van der Waals surface area contributed by atoms with Crippen molar-refractivity contribution in [3.8, 4) is 0 Å². The molecule has 0 unspecified atom stereocenters. The van der Waals surface area contributed by atoms with Gasteiger partial charge in [-0.1, -0.05) is 6.07 Å². The highest BCUT2D eigenvalue weighted by molar-refractivity contribution is 5.80. The zero-order valence-electron chi connectivity index (χ0n) is 6.58. The highest BCUT2D eigenvalue weighted by Gasteiger charge is 2.15. The van der Waals surface area contributed by atoms with Gasteiger partial charge in [-0.05, 0) is 23.3 Å². The maximum absolute atomic E-state index is 10.9. The van der Waals surface area contributed by atoms with Crippen LogP contribution in [0.25, 0.3) is 0 Å². The number of fused-ring (bicyclic) bond motifs is 1. The summed E-state index contributed by atoms with van der Waals surface area (Å²) < 4.78 is 0. The second-order valence-electron chi connectivity index (χ2n) is 2.91. The van der Waals surface area contributed by atoms with E-state index < -0.39 is 0 Å². The third kappa shape index (κ3) is 1.13. The Morgan fingerprint density at radius 2 is 2.17 bits per heavy atom. The van der Waals surface area contributed by atoms with Crippen LogP contribution < -0.4 is 11.1 Å². The van der Waals surface area contributed by atoms with Crippen LogP contribution in [0.2, 0.25) is 0 Å². The van der Waals surface area contributed by atoms with Crippen molar-refractivity contribution in [2.75, 3.05) is 5.73 Å². The predicted octanol–water partition coefficient (Wildman–Crippen LogP) is 0.456. The molecule has 1 amide bonds. The Balaban J connectivity index is 2.44. The Kier molecular flexibility index (Phi) is 1.50. The summed E-state index contributed by atoms with van der Waals surface area (Å²) in [6.07, 6.45) is 0.403. The average Bonchev–Trinajstić information content (AvgIpc) is 2.03. The number of anilines is 1. The molecule has 0 atom stereocenters. The number of nitrogens with two attached hydrogens (primary N) is 1. The number of amides is 1. The van der Waals surface area contributed by atoms with E-state index >= 15 is 0 Å². The van der Waals surface area contributed by atoms with Gasteiger partial charge in [0.1, 0.15) is 0 Å². The lowest BCUT2D eigenvalue weighted by Gasteiger charge is -2.14. The van der Waals surface area contributed by atoms with Gasteiger partial charge in [0.05, 0.1) is 13.0 Å². The molecular formula is C9H9N2O. The fourth-order valence-electron chi connectivity index (χ4n) is 1.36. The van der Waals surface area contributed by atoms with Crippen LogP contribution in [0.3, 0.4) is 0 Å². The van der Waals surface area contributed by atoms with Crippen LogP contribution in [0.1, 0.15) is 11.1 Å². The van der Waals surface area contributed by atoms with Crippen LogP contribution >= 0.6 is 0 Å². The number of nitrogens with zero attached hydrogens (tertiary/aromatic N) is 1. The van der Waals surface area contributed by atoms with Gasteiger partial charge in [-0.25, -0.2) is 5.32 Å². The largest absolute Gasteiger partial charge is 0.399 e. The summed E-state index contributed by atoms with van der Waals surface area (Å²) in [5.74, 6) is -0.0481. The summed E-state index contributed by atoms with van der Waals surface area (Å²) in [5.41, 5.74) is 8.43. The normalized spacial score (nSPS) is 15.2. The van der Waals surface area contributed by atoms with E-state index in [-0.39, 0.29) is 5.91 Å². The third-order valence-electron chi connectivity index (χ3n) is 2.00. The lowest BCUT2D eigenvalue weighted by atomic mass is 10.0. The van der Waals surface area contributed by atoms with Gasteiger partial charge in [0.25, 0.3) is 0 Å². The molecule has 1 heterocycles. The minimum absolute atomic E-state index is 0.0481. The second-order valence-corrected chi connectivity index (χ2v) is 2.91. The summed E-state index contributed by atoms with van der Waals surface area (Å²) in [4.78, 5) is 10.9. The molecule has 1 aliphatic heterocycles. The van der Waals surface area contributed by atoms with E-state index in [4.69, 9.17) is 5.73 Å². The first kappa shape index (κ1) is 7.16. The van der Waals surface area contributed by atoms with E-state index in [1.54, 1.807) is 0 Å². The SMILES string of the molecule is Nc1ccc2c(c1)CC(=O)[N]C2. The molecule has 0 spiro atoms. The lowest BCUT2D eigenvalue weighted by molar-refractivity contribution is -0.121. The molecule has 2 rings (SSSR count). The van der Waals surface area contributed by atoms with Gasteiger partial charge in [0, 0.05) is 5.69 Å². The van der Waals surface area contributed by atoms with Crippen molar-refractivity contribution in [1.82, 2.24) is 5.32 Å². The molecule has 0 fully saturated rings. The highest BCUT2D eigenvalue weighted by Crippen LogP contribution is 2.17. The summed E-state index contributed by atoms with van der Waals surface area (Å²) >= 11 is 0. The van der Waals surface area contributed by atoms with E-state index in [1.807, 2.05) is 18.2 Å². The van der Waals surface area contributed by atoms with Gasteiger partial charge in [-0.2, -0.15) is 0 Å². The van der Waals surface area contributed by atoms with Crippen LogP contribution in [0, 0.1) is 0 Å². The Morgan fingerprint density at radius 3 is 3.00 bits per heavy atom. The van der Waals surface area contributed by atoms with Crippen LogP contribution in [-0.2, 0) is 17.8 Å². The number of carbonyl (C=O) groups is 1. The Labute approximate surface area is 70.6 Å². The molecule has 1 aromatic rings. The third-order valence-corrected chi connectivity index (χ3v) is 2.00. The molecule has 0 saturated heterocycles. The summed E-state index contributed by atoms with van der Waals surface area (Å²) in [6.45, 7) is 0.508. The molecule has 1 radical (unpaired) electrons. The summed E-state index contributed by atoms with van der Waals surface area (Å²) in [6, 6.07) is 5.62.